The normalized spacial score (nSPS) is 15.1. The maximum Gasteiger partial charge on any atom is 0.249 e. The molecule has 1 atom stereocenters. The maximum atomic E-state index is 12.3. The van der Waals surface area contributed by atoms with E-state index in [2.05, 4.69) is 15.2 Å². The number of nitrogens with one attached hydrogen (secondary N) is 1. The van der Waals surface area contributed by atoms with Crippen molar-refractivity contribution in [1.29, 1.82) is 0 Å². The third-order valence-corrected chi connectivity index (χ3v) is 4.62. The third kappa shape index (κ3) is 5.68. The number of rotatable bonds is 8. The summed E-state index contributed by atoms with van der Waals surface area (Å²) in [5.74, 6) is 1.54. The van der Waals surface area contributed by atoms with Crippen LogP contribution in [0.25, 0.3) is 0 Å². The monoisotopic (exact) mass is 385 g/mol. The van der Waals surface area contributed by atoms with E-state index in [9.17, 15) is 4.79 Å². The summed E-state index contributed by atoms with van der Waals surface area (Å²) in [6, 6.07) is 11.5. The molecule has 2 aromatic rings. The summed E-state index contributed by atoms with van der Waals surface area (Å²) in [7, 11) is 1.62. The number of amides is 1. The van der Waals surface area contributed by atoms with E-state index in [1.807, 2.05) is 36.4 Å². The highest BCUT2D eigenvalue weighted by Gasteiger charge is 2.15. The van der Waals surface area contributed by atoms with Crippen LogP contribution in [0, 0.1) is 0 Å². The Morgan fingerprint density at radius 1 is 1.25 bits per heavy atom. The van der Waals surface area contributed by atoms with Crippen LogP contribution < -0.4 is 15.0 Å². The number of nitrogens with zero attached hydrogens (tertiary/aromatic N) is 2. The van der Waals surface area contributed by atoms with E-state index in [4.69, 9.17) is 14.2 Å². The molecule has 7 nitrogen and oxygen atoms in total. The summed E-state index contributed by atoms with van der Waals surface area (Å²) < 4.78 is 16.3. The number of benzene rings is 1. The molecule has 1 fully saturated rings. The molecule has 0 saturated carbocycles. The number of aromatic nitrogens is 1. The predicted octanol–water partition coefficient (Wildman–Crippen LogP) is 2.15. The lowest BCUT2D eigenvalue weighted by Gasteiger charge is -2.28. The van der Waals surface area contributed by atoms with Gasteiger partial charge in [0.05, 0.1) is 26.9 Å². The van der Waals surface area contributed by atoms with Crippen molar-refractivity contribution in [1.82, 2.24) is 10.3 Å². The van der Waals surface area contributed by atoms with Crippen molar-refractivity contribution in [3.63, 3.8) is 0 Å². The largest absolute Gasteiger partial charge is 0.497 e. The van der Waals surface area contributed by atoms with Gasteiger partial charge in [0.25, 0.3) is 0 Å². The average molecular weight is 385 g/mol. The number of carbonyl (C=O) groups excluding carboxylic acids is 1. The van der Waals surface area contributed by atoms with E-state index in [0.29, 0.717) is 26.4 Å². The standard InChI is InChI=1S/C21H27N3O4/c1-16(28-15-18-4-3-5-19(12-18)26-2)21(25)23-14-17-6-7-22-20(13-17)24-8-10-27-11-9-24/h3-7,12-13,16H,8-11,14-15H2,1-2H3,(H,23,25)/t16-/m0/s1. The molecule has 1 amide bonds. The fourth-order valence-corrected chi connectivity index (χ4v) is 2.93. The molecule has 28 heavy (non-hydrogen) atoms. The van der Waals surface area contributed by atoms with Crippen molar-refractivity contribution < 1.29 is 19.0 Å². The SMILES string of the molecule is COc1cccc(CO[C@@H](C)C(=O)NCc2ccnc(N3CCOCC3)c2)c1. The number of methoxy groups -OCH3 is 1. The smallest absolute Gasteiger partial charge is 0.249 e. The Kier molecular flexibility index (Phi) is 7.22. The van der Waals surface area contributed by atoms with Gasteiger partial charge in [0.15, 0.2) is 0 Å². The van der Waals surface area contributed by atoms with Gasteiger partial charge in [0, 0.05) is 25.8 Å². The van der Waals surface area contributed by atoms with Crippen LogP contribution in [-0.2, 0) is 27.4 Å². The minimum absolute atomic E-state index is 0.146. The predicted molar refractivity (Wildman–Crippen MR) is 106 cm³/mol. The first kappa shape index (κ1) is 20.1. The van der Waals surface area contributed by atoms with Gasteiger partial charge >= 0.3 is 0 Å². The van der Waals surface area contributed by atoms with E-state index in [0.717, 1.165) is 35.8 Å². The number of ether oxygens (including phenoxy) is 3. The van der Waals surface area contributed by atoms with Crippen LogP contribution in [0.4, 0.5) is 5.82 Å². The van der Waals surface area contributed by atoms with Gasteiger partial charge in [-0.1, -0.05) is 12.1 Å². The lowest BCUT2D eigenvalue weighted by Crippen LogP contribution is -2.37. The van der Waals surface area contributed by atoms with Crippen LogP contribution in [0.5, 0.6) is 5.75 Å². The highest BCUT2D eigenvalue weighted by atomic mass is 16.5. The zero-order valence-electron chi connectivity index (χ0n) is 16.4. The lowest BCUT2D eigenvalue weighted by molar-refractivity contribution is -0.132. The Hall–Kier alpha value is -2.64. The van der Waals surface area contributed by atoms with Gasteiger partial charge in [-0.05, 0) is 42.3 Å². The van der Waals surface area contributed by atoms with E-state index < -0.39 is 6.10 Å². The number of anilines is 1. The molecule has 0 bridgehead atoms. The van der Waals surface area contributed by atoms with Crippen molar-refractivity contribution in [2.75, 3.05) is 38.3 Å². The molecule has 3 rings (SSSR count). The number of morpholine rings is 1. The van der Waals surface area contributed by atoms with E-state index in [1.54, 1.807) is 20.2 Å². The molecule has 150 valence electrons. The zero-order chi connectivity index (χ0) is 19.8. The molecule has 1 aliphatic rings. The summed E-state index contributed by atoms with van der Waals surface area (Å²) >= 11 is 0. The third-order valence-electron chi connectivity index (χ3n) is 4.62. The van der Waals surface area contributed by atoms with Crippen molar-refractivity contribution in [3.8, 4) is 5.75 Å². The van der Waals surface area contributed by atoms with Crippen molar-refractivity contribution in [2.45, 2.75) is 26.2 Å². The summed E-state index contributed by atoms with van der Waals surface area (Å²) in [4.78, 5) is 19.0. The summed E-state index contributed by atoms with van der Waals surface area (Å²) in [5, 5.41) is 2.93. The van der Waals surface area contributed by atoms with Crippen molar-refractivity contribution >= 4 is 11.7 Å². The maximum absolute atomic E-state index is 12.3. The lowest BCUT2D eigenvalue weighted by atomic mass is 10.2. The molecular weight excluding hydrogens is 358 g/mol. The number of hydrogen-bond acceptors (Lipinski definition) is 6. The molecule has 0 radical (unpaired) electrons. The van der Waals surface area contributed by atoms with Crippen LogP contribution in [0.3, 0.4) is 0 Å². The van der Waals surface area contributed by atoms with Crippen LogP contribution in [0.1, 0.15) is 18.1 Å². The van der Waals surface area contributed by atoms with Crippen molar-refractivity contribution in [2.24, 2.45) is 0 Å². The van der Waals surface area contributed by atoms with Crippen molar-refractivity contribution in [3.05, 3.63) is 53.7 Å². The molecular formula is C21H27N3O4. The van der Waals surface area contributed by atoms with E-state index >= 15 is 0 Å². The molecule has 1 saturated heterocycles. The molecule has 0 spiro atoms. The average Bonchev–Trinajstić information content (AvgIpc) is 2.76. The molecule has 1 aliphatic heterocycles. The van der Waals surface area contributed by atoms with Crippen LogP contribution in [-0.4, -0.2) is 50.4 Å². The molecule has 2 heterocycles. The Morgan fingerprint density at radius 3 is 2.86 bits per heavy atom. The number of pyridine rings is 1. The first-order chi connectivity index (χ1) is 13.7. The minimum Gasteiger partial charge on any atom is -0.497 e. The second kappa shape index (κ2) is 10.1. The fourth-order valence-electron chi connectivity index (χ4n) is 2.93. The van der Waals surface area contributed by atoms with Gasteiger partial charge in [-0.3, -0.25) is 4.79 Å². The molecule has 1 aromatic carbocycles. The molecule has 1 aromatic heterocycles. The van der Waals surface area contributed by atoms with Crippen LogP contribution >= 0.6 is 0 Å². The number of carbonyl (C=O) groups is 1. The Bertz CT molecular complexity index is 778. The summed E-state index contributed by atoms with van der Waals surface area (Å²) in [6.07, 6.45) is 1.22. The minimum atomic E-state index is -0.549. The highest BCUT2D eigenvalue weighted by Crippen LogP contribution is 2.15. The molecule has 1 N–H and O–H groups in total. The Balaban J connectivity index is 1.47. The van der Waals surface area contributed by atoms with E-state index in [1.165, 1.54) is 0 Å². The van der Waals surface area contributed by atoms with Gasteiger partial charge in [-0.25, -0.2) is 4.98 Å². The van der Waals surface area contributed by atoms with E-state index in [-0.39, 0.29) is 5.91 Å². The van der Waals surface area contributed by atoms with Crippen LogP contribution in [0.15, 0.2) is 42.6 Å². The summed E-state index contributed by atoms with van der Waals surface area (Å²) in [5.41, 5.74) is 1.97. The molecule has 0 unspecified atom stereocenters. The topological polar surface area (TPSA) is 72.9 Å². The molecule has 7 heteroatoms. The highest BCUT2D eigenvalue weighted by molar-refractivity contribution is 5.80. The Labute approximate surface area is 165 Å². The second-order valence-electron chi connectivity index (χ2n) is 6.64. The molecule has 0 aliphatic carbocycles. The van der Waals surface area contributed by atoms with Crippen LogP contribution in [0.2, 0.25) is 0 Å². The first-order valence-electron chi connectivity index (χ1n) is 9.45. The van der Waals surface area contributed by atoms with Gasteiger partial charge in [0.2, 0.25) is 5.91 Å². The second-order valence-corrected chi connectivity index (χ2v) is 6.64. The quantitative estimate of drug-likeness (QED) is 0.751. The fraction of sp³-hybridized carbons (Fsp3) is 0.429. The van der Waals surface area contributed by atoms with Gasteiger partial charge in [-0.2, -0.15) is 0 Å². The van der Waals surface area contributed by atoms with Gasteiger partial charge in [0.1, 0.15) is 17.7 Å². The van der Waals surface area contributed by atoms with Gasteiger partial charge < -0.3 is 24.4 Å². The van der Waals surface area contributed by atoms with Gasteiger partial charge in [-0.15, -0.1) is 0 Å². The first-order valence-corrected chi connectivity index (χ1v) is 9.45. The number of hydrogen-bond donors (Lipinski definition) is 1. The summed E-state index contributed by atoms with van der Waals surface area (Å²) in [6.45, 7) is 5.63. The Morgan fingerprint density at radius 2 is 2.07 bits per heavy atom. The zero-order valence-corrected chi connectivity index (χ0v) is 16.4.